The lowest BCUT2D eigenvalue weighted by molar-refractivity contribution is -0.133. The van der Waals surface area contributed by atoms with Crippen molar-refractivity contribution in [3.8, 4) is 0 Å². The Morgan fingerprint density at radius 1 is 1.16 bits per heavy atom. The van der Waals surface area contributed by atoms with Crippen LogP contribution < -0.4 is 0 Å². The first-order chi connectivity index (χ1) is 12.2. The number of aromatic nitrogens is 2. The highest BCUT2D eigenvalue weighted by Gasteiger charge is 2.32. The van der Waals surface area contributed by atoms with Crippen LogP contribution in [0.2, 0.25) is 0 Å². The predicted octanol–water partition coefficient (Wildman–Crippen LogP) is 1.86. The molecule has 134 valence electrons. The van der Waals surface area contributed by atoms with Crippen molar-refractivity contribution in [1.82, 2.24) is 24.7 Å². The summed E-state index contributed by atoms with van der Waals surface area (Å²) in [6.45, 7) is 5.53. The zero-order valence-corrected chi connectivity index (χ0v) is 14.9. The van der Waals surface area contributed by atoms with Crippen LogP contribution >= 0.6 is 0 Å². The lowest BCUT2D eigenvalue weighted by Crippen LogP contribution is -2.41. The van der Waals surface area contributed by atoms with E-state index >= 15 is 0 Å². The molecule has 2 saturated heterocycles. The fourth-order valence-electron chi connectivity index (χ4n) is 4.02. The Balaban J connectivity index is 1.46. The highest BCUT2D eigenvalue weighted by atomic mass is 16.2. The molecule has 4 rings (SSSR count). The Kier molecular flexibility index (Phi) is 4.72. The number of fused-ring (bicyclic) bond motifs is 1. The first-order valence-corrected chi connectivity index (χ1v) is 9.36. The van der Waals surface area contributed by atoms with Crippen molar-refractivity contribution in [1.29, 1.82) is 0 Å². The Bertz CT molecular complexity index is 709. The maximum atomic E-state index is 12.9. The van der Waals surface area contributed by atoms with Gasteiger partial charge in [-0.1, -0.05) is 12.1 Å². The van der Waals surface area contributed by atoms with Gasteiger partial charge in [0.15, 0.2) is 0 Å². The number of nitrogens with one attached hydrogen (secondary N) is 1. The van der Waals surface area contributed by atoms with Gasteiger partial charge in [0.25, 0.3) is 0 Å². The molecule has 0 aliphatic carbocycles. The number of para-hydroxylation sites is 2. The Morgan fingerprint density at radius 3 is 2.92 bits per heavy atom. The average molecular weight is 341 g/mol. The minimum Gasteiger partial charge on any atom is -0.340 e. The smallest absolute Gasteiger partial charge is 0.237 e. The van der Waals surface area contributed by atoms with E-state index in [0.717, 1.165) is 68.8 Å². The Morgan fingerprint density at radius 2 is 2.04 bits per heavy atom. The highest BCUT2D eigenvalue weighted by molar-refractivity contribution is 5.79. The molecule has 2 aliphatic heterocycles. The number of imidazole rings is 1. The molecule has 2 aliphatic rings. The number of likely N-dealkylation sites (tertiary alicyclic amines) is 1. The molecule has 6 nitrogen and oxygen atoms in total. The third kappa shape index (κ3) is 3.55. The van der Waals surface area contributed by atoms with Gasteiger partial charge in [0.1, 0.15) is 5.82 Å². The van der Waals surface area contributed by atoms with E-state index in [0.29, 0.717) is 6.54 Å². The van der Waals surface area contributed by atoms with E-state index in [2.05, 4.69) is 21.8 Å². The van der Waals surface area contributed by atoms with Crippen LogP contribution in [0.5, 0.6) is 0 Å². The largest absolute Gasteiger partial charge is 0.340 e. The minimum atomic E-state index is 0.0922. The summed E-state index contributed by atoms with van der Waals surface area (Å²) >= 11 is 0. The monoisotopic (exact) mass is 341 g/mol. The standard InChI is InChI=1S/C19H27N5O/c1-22-9-5-10-23(13-12-22)14-18(25)24-11-4-8-17(24)19-20-15-6-2-3-7-16(15)21-19/h2-3,6-7,17H,4-5,8-14H2,1H3,(H,20,21)/t17-/m0/s1. The van der Waals surface area contributed by atoms with Crippen LogP contribution in [0.4, 0.5) is 0 Å². The van der Waals surface area contributed by atoms with Crippen molar-refractivity contribution < 1.29 is 4.79 Å². The number of hydrogen-bond acceptors (Lipinski definition) is 4. The molecular formula is C19H27N5O. The van der Waals surface area contributed by atoms with Crippen molar-refractivity contribution in [3.63, 3.8) is 0 Å². The van der Waals surface area contributed by atoms with Crippen LogP contribution in [0.15, 0.2) is 24.3 Å². The molecule has 3 heterocycles. The van der Waals surface area contributed by atoms with E-state index in [4.69, 9.17) is 4.98 Å². The van der Waals surface area contributed by atoms with E-state index in [1.165, 1.54) is 0 Å². The number of likely N-dealkylation sites (N-methyl/N-ethyl adjacent to an activating group) is 1. The van der Waals surface area contributed by atoms with Gasteiger partial charge in [-0.15, -0.1) is 0 Å². The van der Waals surface area contributed by atoms with E-state index in [9.17, 15) is 4.79 Å². The van der Waals surface area contributed by atoms with Gasteiger partial charge in [-0.25, -0.2) is 4.98 Å². The molecule has 1 amide bonds. The zero-order chi connectivity index (χ0) is 17.2. The van der Waals surface area contributed by atoms with Gasteiger partial charge in [0, 0.05) is 19.6 Å². The molecule has 0 saturated carbocycles. The molecule has 0 radical (unpaired) electrons. The number of H-pyrrole nitrogens is 1. The fourth-order valence-corrected chi connectivity index (χ4v) is 4.02. The number of nitrogens with zero attached hydrogens (tertiary/aromatic N) is 4. The number of rotatable bonds is 3. The second-order valence-corrected chi connectivity index (χ2v) is 7.32. The van der Waals surface area contributed by atoms with E-state index in [1.807, 2.05) is 29.2 Å². The molecule has 2 aromatic rings. The predicted molar refractivity (Wildman–Crippen MR) is 98.3 cm³/mol. The van der Waals surface area contributed by atoms with Crippen molar-refractivity contribution in [2.24, 2.45) is 0 Å². The van der Waals surface area contributed by atoms with Crippen LogP contribution in [0.1, 0.15) is 31.1 Å². The second kappa shape index (κ2) is 7.14. The summed E-state index contributed by atoms with van der Waals surface area (Å²) in [5, 5.41) is 0. The van der Waals surface area contributed by atoms with Gasteiger partial charge < -0.3 is 14.8 Å². The summed E-state index contributed by atoms with van der Waals surface area (Å²) in [6.07, 6.45) is 3.18. The number of carbonyl (C=O) groups is 1. The molecular weight excluding hydrogens is 314 g/mol. The van der Waals surface area contributed by atoms with Crippen LogP contribution in [0.3, 0.4) is 0 Å². The first kappa shape index (κ1) is 16.5. The quantitative estimate of drug-likeness (QED) is 0.926. The molecule has 6 heteroatoms. The van der Waals surface area contributed by atoms with Crippen molar-refractivity contribution in [3.05, 3.63) is 30.1 Å². The van der Waals surface area contributed by atoms with Gasteiger partial charge >= 0.3 is 0 Å². The minimum absolute atomic E-state index is 0.0922. The summed E-state index contributed by atoms with van der Waals surface area (Å²) in [5.41, 5.74) is 2.03. The van der Waals surface area contributed by atoms with Crippen molar-refractivity contribution >= 4 is 16.9 Å². The van der Waals surface area contributed by atoms with Crippen LogP contribution in [-0.4, -0.2) is 76.9 Å². The fraction of sp³-hybridized carbons (Fsp3) is 0.579. The molecule has 1 aromatic heterocycles. The van der Waals surface area contributed by atoms with Gasteiger partial charge in [-0.05, 0) is 51.5 Å². The zero-order valence-electron chi connectivity index (χ0n) is 14.9. The second-order valence-electron chi connectivity index (χ2n) is 7.32. The number of hydrogen-bond donors (Lipinski definition) is 1. The van der Waals surface area contributed by atoms with Gasteiger partial charge in [-0.3, -0.25) is 9.69 Å². The number of carbonyl (C=O) groups excluding carboxylic acids is 1. The van der Waals surface area contributed by atoms with Crippen molar-refractivity contribution in [2.45, 2.75) is 25.3 Å². The molecule has 1 N–H and O–H groups in total. The van der Waals surface area contributed by atoms with Gasteiger partial charge in [-0.2, -0.15) is 0 Å². The van der Waals surface area contributed by atoms with Gasteiger partial charge in [0.05, 0.1) is 23.6 Å². The van der Waals surface area contributed by atoms with Crippen LogP contribution in [0.25, 0.3) is 11.0 Å². The molecule has 0 unspecified atom stereocenters. The average Bonchev–Trinajstić information content (AvgIpc) is 3.21. The first-order valence-electron chi connectivity index (χ1n) is 9.36. The van der Waals surface area contributed by atoms with E-state index in [1.54, 1.807) is 0 Å². The lowest BCUT2D eigenvalue weighted by Gasteiger charge is -2.27. The summed E-state index contributed by atoms with van der Waals surface area (Å²) in [6, 6.07) is 8.17. The summed E-state index contributed by atoms with van der Waals surface area (Å²) in [7, 11) is 2.16. The summed E-state index contributed by atoms with van der Waals surface area (Å²) in [4.78, 5) is 27.8. The summed E-state index contributed by atoms with van der Waals surface area (Å²) < 4.78 is 0. The normalized spacial score (nSPS) is 23.2. The molecule has 0 spiro atoms. The Labute approximate surface area is 148 Å². The van der Waals surface area contributed by atoms with Crippen LogP contribution in [0, 0.1) is 0 Å². The maximum Gasteiger partial charge on any atom is 0.237 e. The molecule has 25 heavy (non-hydrogen) atoms. The molecule has 0 bridgehead atoms. The maximum absolute atomic E-state index is 12.9. The van der Waals surface area contributed by atoms with E-state index < -0.39 is 0 Å². The molecule has 1 aromatic carbocycles. The third-order valence-corrected chi connectivity index (χ3v) is 5.47. The van der Waals surface area contributed by atoms with Gasteiger partial charge in [0.2, 0.25) is 5.91 Å². The molecule has 2 fully saturated rings. The highest BCUT2D eigenvalue weighted by Crippen LogP contribution is 2.31. The SMILES string of the molecule is CN1CCCN(CC(=O)N2CCC[C@H]2c2nc3ccccc3[nH]2)CC1. The number of aromatic amines is 1. The van der Waals surface area contributed by atoms with Crippen LogP contribution in [-0.2, 0) is 4.79 Å². The lowest BCUT2D eigenvalue weighted by atomic mass is 10.2. The number of benzene rings is 1. The topological polar surface area (TPSA) is 55.5 Å². The third-order valence-electron chi connectivity index (χ3n) is 5.47. The van der Waals surface area contributed by atoms with Crippen molar-refractivity contribution in [2.75, 3.05) is 46.3 Å². The Hall–Kier alpha value is -1.92. The summed E-state index contributed by atoms with van der Waals surface area (Å²) in [5.74, 6) is 1.18. The number of amides is 1. The van der Waals surface area contributed by atoms with E-state index in [-0.39, 0.29) is 11.9 Å². The molecule has 1 atom stereocenters.